The summed E-state index contributed by atoms with van der Waals surface area (Å²) in [6.07, 6.45) is 0. The van der Waals surface area contributed by atoms with Crippen LogP contribution in [0.25, 0.3) is 5.57 Å². The van der Waals surface area contributed by atoms with E-state index in [4.69, 9.17) is 11.6 Å². The molecule has 5 nitrogen and oxygen atoms in total. The lowest BCUT2D eigenvalue weighted by molar-refractivity contribution is -0.120. The van der Waals surface area contributed by atoms with E-state index in [0.717, 1.165) is 4.90 Å². The zero-order chi connectivity index (χ0) is 16.6. The molecule has 1 aliphatic heterocycles. The number of amides is 3. The molecule has 1 aliphatic rings. The lowest BCUT2D eigenvalue weighted by Crippen LogP contribution is -2.31. The number of hydrogen-bond donors (Lipinski definition) is 1. The van der Waals surface area contributed by atoms with Gasteiger partial charge in [0.1, 0.15) is 5.03 Å². The summed E-state index contributed by atoms with van der Waals surface area (Å²) < 4.78 is 0. The van der Waals surface area contributed by atoms with Gasteiger partial charge in [0, 0.05) is 17.5 Å². The molecule has 2 aromatic rings. The predicted octanol–water partition coefficient (Wildman–Crippen LogP) is 3.23. The lowest BCUT2D eigenvalue weighted by Gasteiger charge is -2.15. The number of benzene rings is 1. The average molecular weight is 347 g/mol. The van der Waals surface area contributed by atoms with Crippen LogP contribution >= 0.6 is 22.9 Å². The number of anilines is 2. The van der Waals surface area contributed by atoms with Gasteiger partial charge in [0.25, 0.3) is 11.8 Å². The quantitative estimate of drug-likeness (QED) is 0.868. The van der Waals surface area contributed by atoms with E-state index < -0.39 is 11.8 Å². The first-order valence-corrected chi connectivity index (χ1v) is 7.95. The molecule has 1 aromatic heterocycles. The van der Waals surface area contributed by atoms with Gasteiger partial charge in [-0.05, 0) is 35.7 Å². The molecule has 0 fully saturated rings. The summed E-state index contributed by atoms with van der Waals surface area (Å²) in [5.74, 6) is -1.20. The third-order valence-corrected chi connectivity index (χ3v) is 4.48. The average Bonchev–Trinajstić information content (AvgIpc) is 3.09. The molecule has 0 saturated carbocycles. The van der Waals surface area contributed by atoms with Gasteiger partial charge in [0.15, 0.2) is 0 Å². The standard InChI is InChI=1S/C16H11ClN2O3S/c1-9(20)18-10-4-6-11(7-5-10)19-15(21)13(14(17)16(19)22)12-3-2-8-23-12/h2-8H,1H3,(H,18,20). The largest absolute Gasteiger partial charge is 0.326 e. The van der Waals surface area contributed by atoms with E-state index in [1.807, 2.05) is 5.38 Å². The summed E-state index contributed by atoms with van der Waals surface area (Å²) >= 11 is 7.42. The van der Waals surface area contributed by atoms with Crippen LogP contribution in [-0.2, 0) is 14.4 Å². The van der Waals surface area contributed by atoms with Crippen LogP contribution in [0.3, 0.4) is 0 Å². The van der Waals surface area contributed by atoms with Gasteiger partial charge in [0.2, 0.25) is 5.91 Å². The van der Waals surface area contributed by atoms with Crippen LogP contribution < -0.4 is 10.2 Å². The molecule has 7 heteroatoms. The van der Waals surface area contributed by atoms with Crippen molar-refractivity contribution in [1.29, 1.82) is 0 Å². The van der Waals surface area contributed by atoms with E-state index in [-0.39, 0.29) is 16.5 Å². The van der Waals surface area contributed by atoms with E-state index in [2.05, 4.69) is 5.32 Å². The van der Waals surface area contributed by atoms with Gasteiger partial charge < -0.3 is 5.32 Å². The Hall–Kier alpha value is -2.44. The van der Waals surface area contributed by atoms with Gasteiger partial charge in [-0.3, -0.25) is 14.4 Å². The summed E-state index contributed by atoms with van der Waals surface area (Å²) in [7, 11) is 0. The first kappa shape index (κ1) is 15.5. The highest BCUT2D eigenvalue weighted by molar-refractivity contribution is 7.11. The predicted molar refractivity (Wildman–Crippen MR) is 90.3 cm³/mol. The summed E-state index contributed by atoms with van der Waals surface area (Å²) in [5.41, 5.74) is 1.20. The number of rotatable bonds is 3. The fraction of sp³-hybridized carbons (Fsp3) is 0.0625. The van der Waals surface area contributed by atoms with E-state index in [1.54, 1.807) is 36.4 Å². The fourth-order valence-electron chi connectivity index (χ4n) is 2.27. The van der Waals surface area contributed by atoms with Crippen LogP contribution in [0.2, 0.25) is 0 Å². The number of halogens is 1. The topological polar surface area (TPSA) is 66.5 Å². The fourth-order valence-corrected chi connectivity index (χ4v) is 3.36. The Bertz CT molecular complexity index is 826. The van der Waals surface area contributed by atoms with Gasteiger partial charge in [-0.2, -0.15) is 0 Å². The minimum atomic E-state index is -0.549. The highest BCUT2D eigenvalue weighted by Gasteiger charge is 2.39. The summed E-state index contributed by atoms with van der Waals surface area (Å²) in [4.78, 5) is 37.6. The smallest absolute Gasteiger partial charge is 0.277 e. The van der Waals surface area contributed by atoms with E-state index in [9.17, 15) is 14.4 Å². The Kier molecular flexibility index (Phi) is 4.02. The van der Waals surface area contributed by atoms with Gasteiger partial charge in [-0.25, -0.2) is 4.90 Å². The molecule has 3 rings (SSSR count). The molecule has 0 radical (unpaired) electrons. The van der Waals surface area contributed by atoms with Crippen molar-refractivity contribution < 1.29 is 14.4 Å². The molecule has 3 amide bonds. The summed E-state index contributed by atoms with van der Waals surface area (Å²) in [5, 5.41) is 4.36. The SMILES string of the molecule is CC(=O)Nc1ccc(N2C(=O)C(Cl)=C(c3cccs3)C2=O)cc1. The van der Waals surface area contributed by atoms with Crippen LogP contribution in [0.1, 0.15) is 11.8 Å². The maximum Gasteiger partial charge on any atom is 0.277 e. The van der Waals surface area contributed by atoms with Crippen molar-refractivity contribution in [3.8, 4) is 0 Å². The van der Waals surface area contributed by atoms with Gasteiger partial charge >= 0.3 is 0 Å². The minimum Gasteiger partial charge on any atom is -0.326 e. The number of nitrogens with one attached hydrogen (secondary N) is 1. The zero-order valence-electron chi connectivity index (χ0n) is 12.0. The van der Waals surface area contributed by atoms with Crippen LogP contribution in [0.5, 0.6) is 0 Å². The molecule has 116 valence electrons. The second-order valence-corrected chi connectivity index (χ2v) is 6.17. The minimum absolute atomic E-state index is 0.0802. The Morgan fingerprint density at radius 2 is 1.83 bits per heavy atom. The second-order valence-electron chi connectivity index (χ2n) is 4.84. The molecule has 1 N–H and O–H groups in total. The maximum atomic E-state index is 12.6. The molecule has 2 heterocycles. The number of carbonyl (C=O) groups is 3. The highest BCUT2D eigenvalue weighted by atomic mass is 35.5. The van der Waals surface area contributed by atoms with E-state index in [1.165, 1.54) is 18.3 Å². The van der Waals surface area contributed by atoms with Crippen molar-refractivity contribution >= 4 is 57.6 Å². The number of nitrogens with zero attached hydrogens (tertiary/aromatic N) is 1. The molecule has 0 atom stereocenters. The molecule has 0 saturated heterocycles. The molecular formula is C16H11ClN2O3S. The number of carbonyl (C=O) groups excluding carboxylic acids is 3. The van der Waals surface area contributed by atoms with Crippen molar-refractivity contribution in [3.63, 3.8) is 0 Å². The van der Waals surface area contributed by atoms with E-state index in [0.29, 0.717) is 16.3 Å². The van der Waals surface area contributed by atoms with Crippen molar-refractivity contribution in [2.24, 2.45) is 0 Å². The Balaban J connectivity index is 1.92. The van der Waals surface area contributed by atoms with Crippen LogP contribution in [-0.4, -0.2) is 17.7 Å². The molecule has 0 unspecified atom stereocenters. The van der Waals surface area contributed by atoms with Crippen molar-refractivity contribution in [2.75, 3.05) is 10.2 Å². The lowest BCUT2D eigenvalue weighted by atomic mass is 10.2. The van der Waals surface area contributed by atoms with E-state index >= 15 is 0 Å². The van der Waals surface area contributed by atoms with Gasteiger partial charge in [-0.15, -0.1) is 11.3 Å². The molecule has 23 heavy (non-hydrogen) atoms. The monoisotopic (exact) mass is 346 g/mol. The van der Waals surface area contributed by atoms with Crippen LogP contribution in [0.4, 0.5) is 11.4 Å². The Labute approximate surface area is 141 Å². The van der Waals surface area contributed by atoms with Crippen LogP contribution in [0, 0.1) is 0 Å². The first-order chi connectivity index (χ1) is 11.0. The molecule has 1 aromatic carbocycles. The normalized spacial score (nSPS) is 14.6. The highest BCUT2D eigenvalue weighted by Crippen LogP contribution is 2.36. The number of imide groups is 1. The maximum absolute atomic E-state index is 12.6. The third-order valence-electron chi connectivity index (χ3n) is 3.24. The van der Waals surface area contributed by atoms with Gasteiger partial charge in [-0.1, -0.05) is 17.7 Å². The molecule has 0 spiro atoms. The zero-order valence-corrected chi connectivity index (χ0v) is 13.6. The molecular weight excluding hydrogens is 336 g/mol. The number of hydrogen-bond acceptors (Lipinski definition) is 4. The first-order valence-electron chi connectivity index (χ1n) is 6.69. The third kappa shape index (κ3) is 2.78. The molecule has 0 aliphatic carbocycles. The summed E-state index contributed by atoms with van der Waals surface area (Å²) in [6, 6.07) is 9.95. The van der Waals surface area contributed by atoms with Crippen molar-refractivity contribution in [2.45, 2.75) is 6.92 Å². The number of thiophene rings is 1. The van der Waals surface area contributed by atoms with Crippen LogP contribution in [0.15, 0.2) is 46.8 Å². The Morgan fingerprint density at radius 3 is 2.39 bits per heavy atom. The Morgan fingerprint density at radius 1 is 1.13 bits per heavy atom. The van der Waals surface area contributed by atoms with Crippen molar-refractivity contribution in [1.82, 2.24) is 0 Å². The van der Waals surface area contributed by atoms with Crippen molar-refractivity contribution in [3.05, 3.63) is 51.7 Å². The summed E-state index contributed by atoms with van der Waals surface area (Å²) in [6.45, 7) is 1.40. The molecule has 0 bridgehead atoms. The second kappa shape index (κ2) is 5.98. The van der Waals surface area contributed by atoms with Gasteiger partial charge in [0.05, 0.1) is 11.3 Å².